The van der Waals surface area contributed by atoms with E-state index in [1.54, 1.807) is 12.1 Å². The molecule has 6 heteroatoms. The molecule has 2 aromatic carbocycles. The van der Waals surface area contributed by atoms with Gasteiger partial charge in [0.1, 0.15) is 0 Å². The summed E-state index contributed by atoms with van der Waals surface area (Å²) in [5.74, 6) is -1.22. The lowest BCUT2D eigenvalue weighted by Crippen LogP contribution is -2.05. The molecular weight excluding hydrogens is 422 g/mol. The van der Waals surface area contributed by atoms with Gasteiger partial charge in [0.05, 0.1) is 15.6 Å². The van der Waals surface area contributed by atoms with Gasteiger partial charge in [0, 0.05) is 14.5 Å². The first-order valence-electron chi connectivity index (χ1n) is 5.05. The van der Waals surface area contributed by atoms with Gasteiger partial charge < -0.3 is 0 Å². The molecule has 0 saturated heterocycles. The molecule has 0 saturated carbocycles. The van der Waals surface area contributed by atoms with Crippen LogP contribution in [0.15, 0.2) is 39.3 Å². The second kappa shape index (κ2) is 5.92. The number of halogens is 5. The van der Waals surface area contributed by atoms with Crippen LogP contribution in [0.2, 0.25) is 10.0 Å². The van der Waals surface area contributed by atoms with Gasteiger partial charge >= 0.3 is 0 Å². The van der Waals surface area contributed by atoms with E-state index in [1.165, 1.54) is 18.2 Å². The molecule has 0 atom stereocenters. The first-order chi connectivity index (χ1) is 8.91. The van der Waals surface area contributed by atoms with Crippen LogP contribution in [0.25, 0.3) is 0 Å². The van der Waals surface area contributed by atoms with Crippen LogP contribution >= 0.6 is 55.1 Å². The van der Waals surface area contributed by atoms with Gasteiger partial charge in [-0.25, -0.2) is 4.39 Å². The number of hydrogen-bond acceptors (Lipinski definition) is 1. The summed E-state index contributed by atoms with van der Waals surface area (Å²) in [5, 5.41) is 0.267. The molecule has 19 heavy (non-hydrogen) atoms. The third-order valence-electron chi connectivity index (χ3n) is 2.46. The minimum Gasteiger partial charge on any atom is -0.288 e. The van der Waals surface area contributed by atoms with Crippen molar-refractivity contribution in [1.82, 2.24) is 0 Å². The second-order valence-electron chi connectivity index (χ2n) is 3.68. The minimum atomic E-state index is -0.750. The van der Waals surface area contributed by atoms with E-state index >= 15 is 0 Å². The summed E-state index contributed by atoms with van der Waals surface area (Å²) in [4.78, 5) is 12.2. The fourth-order valence-electron chi connectivity index (χ4n) is 1.49. The SMILES string of the molecule is O=C(c1ccc(Br)c(Cl)c1)c1ccc(Br)c(Cl)c1F. The van der Waals surface area contributed by atoms with Gasteiger partial charge in [-0.1, -0.05) is 23.2 Å². The lowest BCUT2D eigenvalue weighted by atomic mass is 10.0. The Bertz CT molecular complexity index is 674. The molecule has 1 nitrogen and oxygen atoms in total. The molecule has 0 spiro atoms. The Morgan fingerprint density at radius 1 is 1.05 bits per heavy atom. The number of carbonyl (C=O) groups excluding carboxylic acids is 1. The third-order valence-corrected chi connectivity index (χ3v) is 4.95. The summed E-state index contributed by atoms with van der Waals surface area (Å²) in [6.07, 6.45) is 0. The van der Waals surface area contributed by atoms with E-state index in [9.17, 15) is 9.18 Å². The van der Waals surface area contributed by atoms with Crippen LogP contribution in [-0.2, 0) is 0 Å². The Balaban J connectivity index is 2.50. The van der Waals surface area contributed by atoms with E-state index < -0.39 is 11.6 Å². The van der Waals surface area contributed by atoms with Gasteiger partial charge in [0.25, 0.3) is 0 Å². The van der Waals surface area contributed by atoms with Crippen molar-refractivity contribution in [3.05, 3.63) is 66.3 Å². The highest BCUT2D eigenvalue weighted by atomic mass is 79.9. The van der Waals surface area contributed by atoms with Gasteiger partial charge in [0.2, 0.25) is 0 Å². The molecule has 0 radical (unpaired) electrons. The molecule has 0 aliphatic carbocycles. The second-order valence-corrected chi connectivity index (χ2v) is 6.17. The maximum absolute atomic E-state index is 14.0. The molecular formula is C13H5Br2Cl2FO. The summed E-state index contributed by atoms with van der Waals surface area (Å²) < 4.78 is 15.0. The smallest absolute Gasteiger partial charge is 0.196 e. The standard InChI is InChI=1S/C13H5Br2Cl2FO/c14-8-3-1-6(5-10(8)16)13(19)7-2-4-9(15)11(17)12(7)18/h1-5H. The zero-order valence-corrected chi connectivity index (χ0v) is 13.9. The van der Waals surface area contributed by atoms with Crippen LogP contribution < -0.4 is 0 Å². The maximum atomic E-state index is 14.0. The zero-order chi connectivity index (χ0) is 14.2. The number of hydrogen-bond donors (Lipinski definition) is 0. The summed E-state index contributed by atoms with van der Waals surface area (Å²) >= 11 is 18.0. The number of ketones is 1. The summed E-state index contributed by atoms with van der Waals surface area (Å²) in [5.41, 5.74) is 0.206. The van der Waals surface area contributed by atoms with Gasteiger partial charge in [-0.05, 0) is 62.2 Å². The van der Waals surface area contributed by atoms with Crippen LogP contribution in [-0.4, -0.2) is 5.78 Å². The molecule has 0 N–H and O–H groups in total. The van der Waals surface area contributed by atoms with Crippen LogP contribution in [0.5, 0.6) is 0 Å². The Morgan fingerprint density at radius 2 is 1.68 bits per heavy atom. The number of benzene rings is 2. The molecule has 0 aliphatic heterocycles. The molecule has 0 unspecified atom stereocenters. The average molecular weight is 427 g/mol. The summed E-state index contributed by atoms with van der Waals surface area (Å²) in [6, 6.07) is 7.58. The molecule has 2 rings (SSSR count). The van der Waals surface area contributed by atoms with Crippen molar-refractivity contribution >= 4 is 60.8 Å². The summed E-state index contributed by atoms with van der Waals surface area (Å²) in [6.45, 7) is 0. The van der Waals surface area contributed by atoms with E-state index in [1.807, 2.05) is 0 Å². The molecule has 0 heterocycles. The minimum absolute atomic E-state index is 0.0911. The van der Waals surface area contributed by atoms with Crippen molar-refractivity contribution in [2.45, 2.75) is 0 Å². The first kappa shape index (κ1) is 15.0. The molecule has 0 amide bonds. The van der Waals surface area contributed by atoms with E-state index in [0.29, 0.717) is 19.5 Å². The number of rotatable bonds is 2. The van der Waals surface area contributed by atoms with Crippen molar-refractivity contribution in [2.24, 2.45) is 0 Å². The third kappa shape index (κ3) is 3.02. The predicted octanol–water partition coefficient (Wildman–Crippen LogP) is 5.89. The van der Waals surface area contributed by atoms with Crippen molar-refractivity contribution in [1.29, 1.82) is 0 Å². The van der Waals surface area contributed by atoms with E-state index in [0.717, 1.165) is 0 Å². The fourth-order valence-corrected chi connectivity index (χ4v) is 2.39. The van der Waals surface area contributed by atoms with Crippen LogP contribution in [0.4, 0.5) is 4.39 Å². The van der Waals surface area contributed by atoms with Crippen LogP contribution in [0.3, 0.4) is 0 Å². The van der Waals surface area contributed by atoms with Gasteiger partial charge in [0.15, 0.2) is 11.6 Å². The highest BCUT2D eigenvalue weighted by molar-refractivity contribution is 9.10. The monoisotopic (exact) mass is 424 g/mol. The van der Waals surface area contributed by atoms with Gasteiger partial charge in [-0.3, -0.25) is 4.79 Å². The molecule has 0 bridgehead atoms. The van der Waals surface area contributed by atoms with E-state index in [-0.39, 0.29) is 10.6 Å². The number of carbonyl (C=O) groups is 1. The van der Waals surface area contributed by atoms with Crippen LogP contribution in [0.1, 0.15) is 15.9 Å². The Kier molecular flexibility index (Phi) is 4.66. The Morgan fingerprint density at radius 3 is 2.32 bits per heavy atom. The molecule has 2 aromatic rings. The molecule has 0 aliphatic rings. The van der Waals surface area contributed by atoms with Gasteiger partial charge in [-0.15, -0.1) is 0 Å². The van der Waals surface area contributed by atoms with Crippen LogP contribution in [0, 0.1) is 5.82 Å². The van der Waals surface area contributed by atoms with Crippen molar-refractivity contribution < 1.29 is 9.18 Å². The van der Waals surface area contributed by atoms with Crippen molar-refractivity contribution in [2.75, 3.05) is 0 Å². The fraction of sp³-hybridized carbons (Fsp3) is 0. The molecule has 0 aromatic heterocycles. The quantitative estimate of drug-likeness (QED) is 0.432. The lowest BCUT2D eigenvalue weighted by molar-refractivity contribution is 0.103. The summed E-state index contributed by atoms with van der Waals surface area (Å²) in [7, 11) is 0. The molecule has 0 fully saturated rings. The van der Waals surface area contributed by atoms with Crippen molar-refractivity contribution in [3.63, 3.8) is 0 Å². The lowest BCUT2D eigenvalue weighted by Gasteiger charge is -2.06. The molecule has 98 valence electrons. The Labute approximate surface area is 136 Å². The van der Waals surface area contributed by atoms with E-state index in [2.05, 4.69) is 31.9 Å². The topological polar surface area (TPSA) is 17.1 Å². The highest BCUT2D eigenvalue weighted by Crippen LogP contribution is 2.30. The predicted molar refractivity (Wildman–Crippen MR) is 81.7 cm³/mol. The normalized spacial score (nSPS) is 10.6. The first-order valence-corrected chi connectivity index (χ1v) is 7.39. The Hall–Kier alpha value is -0.420. The highest BCUT2D eigenvalue weighted by Gasteiger charge is 2.18. The van der Waals surface area contributed by atoms with Gasteiger partial charge in [-0.2, -0.15) is 0 Å². The average Bonchev–Trinajstić information content (AvgIpc) is 2.39. The maximum Gasteiger partial charge on any atom is 0.196 e. The largest absolute Gasteiger partial charge is 0.288 e. The van der Waals surface area contributed by atoms with E-state index in [4.69, 9.17) is 23.2 Å². The zero-order valence-electron chi connectivity index (χ0n) is 9.18. The van der Waals surface area contributed by atoms with Crippen molar-refractivity contribution in [3.8, 4) is 0 Å².